The van der Waals surface area contributed by atoms with Crippen LogP contribution >= 0.6 is 0 Å². The molecule has 21 heavy (non-hydrogen) atoms. The number of carbonyl (C=O) groups is 3. The van der Waals surface area contributed by atoms with Crippen molar-refractivity contribution in [3.63, 3.8) is 0 Å². The largest absolute Gasteiger partial charge is 0.481 e. The van der Waals surface area contributed by atoms with Crippen molar-refractivity contribution < 1.29 is 39.5 Å². The molecule has 0 aromatic carbocycles. The van der Waals surface area contributed by atoms with E-state index >= 15 is 0 Å². The summed E-state index contributed by atoms with van der Waals surface area (Å²) in [5.74, 6) is -6.70. The fraction of sp³-hybridized carbons (Fsp3) is 0.462. The second-order valence-corrected chi connectivity index (χ2v) is 4.49. The van der Waals surface area contributed by atoms with E-state index < -0.39 is 42.1 Å². The number of carboxylic acids is 2. The average Bonchev–Trinajstić information content (AvgIpc) is 2.26. The van der Waals surface area contributed by atoms with Gasteiger partial charge < -0.3 is 25.2 Å². The predicted octanol–water partition coefficient (Wildman–Crippen LogP) is 0.0509. The summed E-state index contributed by atoms with van der Waals surface area (Å²) < 4.78 is 4.70. The van der Waals surface area contributed by atoms with Crippen LogP contribution in [0.3, 0.4) is 0 Å². The summed E-state index contributed by atoms with van der Waals surface area (Å²) >= 11 is 0. The summed E-state index contributed by atoms with van der Waals surface area (Å²) in [6, 6.07) is 0. The summed E-state index contributed by atoms with van der Waals surface area (Å²) in [5.41, 5.74) is -2.81. The van der Waals surface area contributed by atoms with Gasteiger partial charge in [-0.3, -0.25) is 9.59 Å². The Kier molecular flexibility index (Phi) is 6.77. The molecular formula is C13H18O8. The average molecular weight is 302 g/mol. The summed E-state index contributed by atoms with van der Waals surface area (Å²) in [5, 5.41) is 37.0. The standard InChI is InChI=1S/C13H18O8/c1-3-5-13(20,6-4-2)21-10(16)8-12(19,11(17)18)7-9(14)15/h3-4,19-20H,1-2,5-8H2,(H,14,15)(H,17,18). The van der Waals surface area contributed by atoms with Gasteiger partial charge in [0.05, 0.1) is 12.8 Å². The fourth-order valence-corrected chi connectivity index (χ4v) is 1.57. The number of carboxylic acid groups (broad SMARTS) is 2. The molecule has 0 saturated heterocycles. The molecule has 0 aliphatic rings. The Bertz CT molecular complexity index is 431. The molecule has 4 N–H and O–H groups in total. The lowest BCUT2D eigenvalue weighted by atomic mass is 9.95. The molecule has 0 amide bonds. The van der Waals surface area contributed by atoms with Crippen molar-refractivity contribution in [2.75, 3.05) is 0 Å². The van der Waals surface area contributed by atoms with Crippen molar-refractivity contribution >= 4 is 17.9 Å². The highest BCUT2D eigenvalue weighted by Crippen LogP contribution is 2.23. The number of aliphatic carboxylic acids is 2. The fourth-order valence-electron chi connectivity index (χ4n) is 1.57. The van der Waals surface area contributed by atoms with Gasteiger partial charge in [-0.05, 0) is 0 Å². The Labute approximate surface area is 121 Å². The first-order valence-electron chi connectivity index (χ1n) is 5.92. The first-order chi connectivity index (χ1) is 9.58. The molecule has 8 heteroatoms. The number of aliphatic hydroxyl groups is 2. The molecule has 0 spiro atoms. The van der Waals surface area contributed by atoms with Crippen LogP contribution in [0.25, 0.3) is 0 Å². The van der Waals surface area contributed by atoms with Gasteiger partial charge in [-0.25, -0.2) is 4.79 Å². The molecule has 0 aliphatic carbocycles. The van der Waals surface area contributed by atoms with Gasteiger partial charge in [0.1, 0.15) is 0 Å². The van der Waals surface area contributed by atoms with E-state index in [1.807, 2.05) is 0 Å². The predicted molar refractivity (Wildman–Crippen MR) is 70.1 cm³/mol. The molecule has 118 valence electrons. The van der Waals surface area contributed by atoms with Crippen molar-refractivity contribution in [3.05, 3.63) is 25.3 Å². The molecule has 0 saturated carbocycles. The van der Waals surface area contributed by atoms with Crippen LogP contribution in [0.5, 0.6) is 0 Å². The first kappa shape index (κ1) is 18.8. The lowest BCUT2D eigenvalue weighted by Gasteiger charge is -2.27. The van der Waals surface area contributed by atoms with E-state index in [0.29, 0.717) is 0 Å². The van der Waals surface area contributed by atoms with Crippen molar-refractivity contribution in [2.45, 2.75) is 37.1 Å². The van der Waals surface area contributed by atoms with Crippen molar-refractivity contribution in [1.29, 1.82) is 0 Å². The summed E-state index contributed by atoms with van der Waals surface area (Å²) in [4.78, 5) is 33.1. The molecule has 0 bridgehead atoms. The van der Waals surface area contributed by atoms with Crippen LogP contribution in [0.2, 0.25) is 0 Å². The number of hydrogen-bond acceptors (Lipinski definition) is 6. The van der Waals surface area contributed by atoms with Gasteiger partial charge in [-0.15, -0.1) is 13.2 Å². The third kappa shape index (κ3) is 6.19. The number of carbonyl (C=O) groups excluding carboxylic acids is 1. The molecule has 0 radical (unpaired) electrons. The molecule has 0 aliphatic heterocycles. The second kappa shape index (κ2) is 7.55. The zero-order chi connectivity index (χ0) is 16.7. The van der Waals surface area contributed by atoms with Crippen LogP contribution in [0.15, 0.2) is 25.3 Å². The molecule has 1 atom stereocenters. The highest BCUT2D eigenvalue weighted by atomic mass is 16.7. The maximum absolute atomic E-state index is 11.6. The van der Waals surface area contributed by atoms with E-state index in [9.17, 15) is 24.6 Å². The Morgan fingerprint density at radius 1 is 1.00 bits per heavy atom. The minimum atomic E-state index is -2.81. The summed E-state index contributed by atoms with van der Waals surface area (Å²) in [6.45, 7) is 6.74. The van der Waals surface area contributed by atoms with Crippen molar-refractivity contribution in [3.8, 4) is 0 Å². The van der Waals surface area contributed by atoms with Gasteiger partial charge in [0.15, 0.2) is 5.60 Å². The molecule has 8 nitrogen and oxygen atoms in total. The normalized spacial score (nSPS) is 13.8. The van der Waals surface area contributed by atoms with Crippen molar-refractivity contribution in [1.82, 2.24) is 0 Å². The Balaban J connectivity index is 4.99. The van der Waals surface area contributed by atoms with E-state index in [1.165, 1.54) is 12.2 Å². The molecule has 0 fully saturated rings. The van der Waals surface area contributed by atoms with E-state index in [0.717, 1.165) is 0 Å². The number of esters is 1. The zero-order valence-corrected chi connectivity index (χ0v) is 11.3. The Morgan fingerprint density at radius 3 is 1.81 bits per heavy atom. The minimum absolute atomic E-state index is 0.144. The Morgan fingerprint density at radius 2 is 1.48 bits per heavy atom. The minimum Gasteiger partial charge on any atom is -0.481 e. The Hall–Kier alpha value is -2.19. The number of rotatable bonds is 10. The van der Waals surface area contributed by atoms with Crippen LogP contribution < -0.4 is 0 Å². The lowest BCUT2D eigenvalue weighted by molar-refractivity contribution is -0.212. The highest BCUT2D eigenvalue weighted by molar-refractivity contribution is 5.88. The quantitative estimate of drug-likeness (QED) is 0.252. The summed E-state index contributed by atoms with van der Waals surface area (Å²) in [6.07, 6.45) is -0.0385. The van der Waals surface area contributed by atoms with Gasteiger partial charge in [-0.2, -0.15) is 0 Å². The van der Waals surface area contributed by atoms with E-state index in [2.05, 4.69) is 13.2 Å². The monoisotopic (exact) mass is 302 g/mol. The van der Waals surface area contributed by atoms with Crippen LogP contribution in [-0.4, -0.2) is 49.7 Å². The molecule has 0 aromatic rings. The van der Waals surface area contributed by atoms with E-state index in [-0.39, 0.29) is 12.8 Å². The maximum Gasteiger partial charge on any atom is 0.336 e. The molecule has 0 heterocycles. The zero-order valence-electron chi connectivity index (χ0n) is 11.3. The molecule has 0 rings (SSSR count). The van der Waals surface area contributed by atoms with E-state index in [4.69, 9.17) is 14.9 Å². The van der Waals surface area contributed by atoms with Crippen molar-refractivity contribution in [2.24, 2.45) is 0 Å². The van der Waals surface area contributed by atoms with E-state index in [1.54, 1.807) is 0 Å². The van der Waals surface area contributed by atoms with Gasteiger partial charge in [0, 0.05) is 12.8 Å². The lowest BCUT2D eigenvalue weighted by Crippen LogP contribution is -2.45. The smallest absolute Gasteiger partial charge is 0.336 e. The third-order valence-corrected chi connectivity index (χ3v) is 2.51. The van der Waals surface area contributed by atoms with Gasteiger partial charge in [0.25, 0.3) is 0 Å². The maximum atomic E-state index is 11.6. The molecule has 1 unspecified atom stereocenters. The van der Waals surface area contributed by atoms with Crippen LogP contribution in [0.1, 0.15) is 25.7 Å². The topological polar surface area (TPSA) is 141 Å². The van der Waals surface area contributed by atoms with Crippen LogP contribution in [0, 0.1) is 0 Å². The van der Waals surface area contributed by atoms with Gasteiger partial charge >= 0.3 is 17.9 Å². The second-order valence-electron chi connectivity index (χ2n) is 4.49. The third-order valence-electron chi connectivity index (χ3n) is 2.51. The van der Waals surface area contributed by atoms with Crippen LogP contribution in [-0.2, 0) is 19.1 Å². The first-order valence-corrected chi connectivity index (χ1v) is 5.92. The molecular weight excluding hydrogens is 284 g/mol. The SMILES string of the molecule is C=CCC(O)(CC=C)OC(=O)CC(O)(CC(=O)O)C(=O)O. The molecule has 0 aromatic heterocycles. The van der Waals surface area contributed by atoms with Gasteiger partial charge in [0.2, 0.25) is 5.79 Å². The summed E-state index contributed by atoms with van der Waals surface area (Å²) in [7, 11) is 0. The number of hydrogen-bond donors (Lipinski definition) is 4. The van der Waals surface area contributed by atoms with Gasteiger partial charge in [-0.1, -0.05) is 12.2 Å². The highest BCUT2D eigenvalue weighted by Gasteiger charge is 2.43. The van der Waals surface area contributed by atoms with Crippen LogP contribution in [0.4, 0.5) is 0 Å². The number of ether oxygens (including phenoxy) is 1.